The maximum absolute atomic E-state index is 12.6. The molecule has 2 N–H and O–H groups in total. The Hall–Kier alpha value is -2.92. The molecule has 1 aliphatic rings. The van der Waals surface area contributed by atoms with Crippen LogP contribution in [0.3, 0.4) is 0 Å². The Morgan fingerprint density at radius 3 is 2.16 bits per heavy atom. The standard InChI is InChI=1S/C20H19NO4/c1-13(22)12-21-17(14-8-4-2-5-9-14)16(19(24)20(21)25)18(23)15-10-6-3-7-11-15/h2-11,13,17,22-23H,12H2,1H3. The topological polar surface area (TPSA) is 77.8 Å². The van der Waals surface area contributed by atoms with Gasteiger partial charge < -0.3 is 15.1 Å². The summed E-state index contributed by atoms with van der Waals surface area (Å²) in [5.41, 5.74) is 1.22. The molecule has 25 heavy (non-hydrogen) atoms. The number of likely N-dealkylation sites (tertiary alicyclic amines) is 1. The number of rotatable bonds is 4. The Kier molecular flexibility index (Phi) is 4.67. The van der Waals surface area contributed by atoms with E-state index in [1.54, 1.807) is 61.5 Å². The summed E-state index contributed by atoms with van der Waals surface area (Å²) in [6.07, 6.45) is -0.791. The minimum absolute atomic E-state index is 0.00963. The SMILES string of the molecule is CC(O)CN1C(=O)C(=O)C(=C(O)c2ccccc2)C1c1ccccc1. The lowest BCUT2D eigenvalue weighted by atomic mass is 9.95. The molecule has 0 bridgehead atoms. The molecule has 0 radical (unpaired) electrons. The van der Waals surface area contributed by atoms with Gasteiger partial charge in [0.05, 0.1) is 17.7 Å². The summed E-state index contributed by atoms with van der Waals surface area (Å²) in [7, 11) is 0. The van der Waals surface area contributed by atoms with Crippen molar-refractivity contribution in [3.05, 3.63) is 77.4 Å². The van der Waals surface area contributed by atoms with Gasteiger partial charge in [-0.1, -0.05) is 60.7 Å². The van der Waals surface area contributed by atoms with Crippen LogP contribution in [0.2, 0.25) is 0 Å². The molecule has 0 spiro atoms. The highest BCUT2D eigenvalue weighted by atomic mass is 16.3. The van der Waals surface area contributed by atoms with Crippen LogP contribution in [-0.4, -0.2) is 39.5 Å². The van der Waals surface area contributed by atoms with Crippen LogP contribution in [0.15, 0.2) is 66.2 Å². The van der Waals surface area contributed by atoms with E-state index in [1.807, 2.05) is 6.07 Å². The molecular formula is C20H19NO4. The summed E-state index contributed by atoms with van der Waals surface area (Å²) < 4.78 is 0. The van der Waals surface area contributed by atoms with Crippen molar-refractivity contribution in [2.75, 3.05) is 6.54 Å². The molecule has 2 unspecified atom stereocenters. The molecule has 2 atom stereocenters. The number of carbonyl (C=O) groups excluding carboxylic acids is 2. The number of Topliss-reactive ketones (excluding diaryl/α,β-unsaturated/α-hetero) is 1. The van der Waals surface area contributed by atoms with Crippen molar-refractivity contribution in [3.63, 3.8) is 0 Å². The Bertz CT molecular complexity index is 812. The quantitative estimate of drug-likeness (QED) is 0.510. The lowest BCUT2D eigenvalue weighted by Gasteiger charge is -2.26. The van der Waals surface area contributed by atoms with Crippen molar-refractivity contribution in [2.45, 2.75) is 19.1 Å². The number of ketones is 1. The number of β-amino-alcohol motifs (C(OH)–C–C–N with tert-alkyl or cyclic N) is 1. The van der Waals surface area contributed by atoms with Gasteiger partial charge in [-0.15, -0.1) is 0 Å². The summed E-state index contributed by atoms with van der Waals surface area (Å²) in [5.74, 6) is -1.66. The zero-order valence-electron chi connectivity index (χ0n) is 13.8. The van der Waals surface area contributed by atoms with Crippen molar-refractivity contribution in [1.82, 2.24) is 4.90 Å². The minimum Gasteiger partial charge on any atom is -0.507 e. The van der Waals surface area contributed by atoms with E-state index in [-0.39, 0.29) is 17.9 Å². The van der Waals surface area contributed by atoms with Crippen molar-refractivity contribution < 1.29 is 19.8 Å². The second kappa shape index (κ2) is 6.91. The first-order valence-electron chi connectivity index (χ1n) is 8.07. The second-order valence-corrected chi connectivity index (χ2v) is 6.08. The third-order valence-corrected chi connectivity index (χ3v) is 4.16. The van der Waals surface area contributed by atoms with Gasteiger partial charge in [0.2, 0.25) is 0 Å². The third kappa shape index (κ3) is 3.19. The molecule has 1 aliphatic heterocycles. The van der Waals surface area contributed by atoms with Gasteiger partial charge in [0.25, 0.3) is 11.7 Å². The van der Waals surface area contributed by atoms with Gasteiger partial charge in [0.15, 0.2) is 0 Å². The summed E-state index contributed by atoms with van der Waals surface area (Å²) in [6.45, 7) is 1.56. The second-order valence-electron chi connectivity index (χ2n) is 6.08. The molecule has 5 nitrogen and oxygen atoms in total. The maximum Gasteiger partial charge on any atom is 0.295 e. The van der Waals surface area contributed by atoms with Gasteiger partial charge in [-0.05, 0) is 12.5 Å². The van der Waals surface area contributed by atoms with E-state index in [4.69, 9.17) is 0 Å². The average Bonchev–Trinajstić information content (AvgIpc) is 2.87. The normalized spacial score (nSPS) is 20.7. The summed E-state index contributed by atoms with van der Waals surface area (Å²) in [6, 6.07) is 17.0. The molecule has 1 heterocycles. The number of nitrogens with zero attached hydrogens (tertiary/aromatic N) is 1. The average molecular weight is 337 g/mol. The lowest BCUT2D eigenvalue weighted by molar-refractivity contribution is -0.140. The zero-order chi connectivity index (χ0) is 18.0. The third-order valence-electron chi connectivity index (χ3n) is 4.16. The zero-order valence-corrected chi connectivity index (χ0v) is 13.8. The van der Waals surface area contributed by atoms with Crippen molar-refractivity contribution in [3.8, 4) is 0 Å². The van der Waals surface area contributed by atoms with E-state index in [9.17, 15) is 19.8 Å². The number of aliphatic hydroxyl groups is 2. The molecule has 1 saturated heterocycles. The van der Waals surface area contributed by atoms with Crippen LogP contribution in [0.25, 0.3) is 5.76 Å². The van der Waals surface area contributed by atoms with E-state index in [2.05, 4.69) is 0 Å². The van der Waals surface area contributed by atoms with Crippen LogP contribution >= 0.6 is 0 Å². The smallest absolute Gasteiger partial charge is 0.295 e. The first-order chi connectivity index (χ1) is 12.0. The Balaban J connectivity index is 2.18. The fourth-order valence-electron chi connectivity index (χ4n) is 3.09. The van der Waals surface area contributed by atoms with Crippen LogP contribution in [0, 0.1) is 0 Å². The predicted molar refractivity (Wildman–Crippen MR) is 93.6 cm³/mol. The number of benzene rings is 2. The fourth-order valence-corrected chi connectivity index (χ4v) is 3.09. The fraction of sp³-hybridized carbons (Fsp3) is 0.200. The highest BCUT2D eigenvalue weighted by Gasteiger charge is 2.46. The van der Waals surface area contributed by atoms with E-state index in [1.165, 1.54) is 4.90 Å². The van der Waals surface area contributed by atoms with Gasteiger partial charge in [-0.3, -0.25) is 9.59 Å². The number of carbonyl (C=O) groups is 2. The van der Waals surface area contributed by atoms with Crippen LogP contribution in [0.4, 0.5) is 0 Å². The summed E-state index contributed by atoms with van der Waals surface area (Å²) >= 11 is 0. The number of hydrogen-bond donors (Lipinski definition) is 2. The Labute approximate surface area is 145 Å². The van der Waals surface area contributed by atoms with Crippen LogP contribution < -0.4 is 0 Å². The molecule has 5 heteroatoms. The molecule has 128 valence electrons. The molecule has 0 aromatic heterocycles. The molecular weight excluding hydrogens is 318 g/mol. The molecule has 1 fully saturated rings. The lowest BCUT2D eigenvalue weighted by Crippen LogP contribution is -2.35. The number of amides is 1. The Morgan fingerprint density at radius 1 is 1.04 bits per heavy atom. The van der Waals surface area contributed by atoms with Gasteiger partial charge in [-0.25, -0.2) is 0 Å². The minimum atomic E-state index is -0.791. The highest BCUT2D eigenvalue weighted by molar-refractivity contribution is 6.46. The van der Waals surface area contributed by atoms with Crippen LogP contribution in [0.1, 0.15) is 24.1 Å². The summed E-state index contributed by atoms with van der Waals surface area (Å²) in [4.78, 5) is 26.4. The van der Waals surface area contributed by atoms with Crippen LogP contribution in [-0.2, 0) is 9.59 Å². The first-order valence-corrected chi connectivity index (χ1v) is 8.07. The van der Waals surface area contributed by atoms with Crippen LogP contribution in [0.5, 0.6) is 0 Å². The van der Waals surface area contributed by atoms with Crippen molar-refractivity contribution in [2.24, 2.45) is 0 Å². The predicted octanol–water partition coefficient (Wildman–Crippen LogP) is 2.49. The van der Waals surface area contributed by atoms with E-state index in [0.717, 1.165) is 0 Å². The molecule has 1 amide bonds. The highest BCUT2D eigenvalue weighted by Crippen LogP contribution is 2.39. The van der Waals surface area contributed by atoms with Crippen molar-refractivity contribution >= 4 is 17.4 Å². The molecule has 3 rings (SSSR count). The first kappa shape index (κ1) is 16.9. The Morgan fingerprint density at radius 2 is 1.60 bits per heavy atom. The van der Waals surface area contributed by atoms with Crippen molar-refractivity contribution in [1.29, 1.82) is 0 Å². The molecule has 2 aromatic carbocycles. The number of aliphatic hydroxyl groups excluding tert-OH is 2. The van der Waals surface area contributed by atoms with Gasteiger partial charge in [0, 0.05) is 12.1 Å². The molecule has 0 saturated carbocycles. The van der Waals surface area contributed by atoms with E-state index >= 15 is 0 Å². The summed E-state index contributed by atoms with van der Waals surface area (Å²) in [5, 5.41) is 20.4. The maximum atomic E-state index is 12.6. The van der Waals surface area contributed by atoms with Gasteiger partial charge >= 0.3 is 0 Å². The number of hydrogen-bond acceptors (Lipinski definition) is 4. The molecule has 2 aromatic rings. The van der Waals surface area contributed by atoms with E-state index in [0.29, 0.717) is 11.1 Å². The largest absolute Gasteiger partial charge is 0.507 e. The van der Waals surface area contributed by atoms with E-state index < -0.39 is 23.8 Å². The van der Waals surface area contributed by atoms with Gasteiger partial charge in [0.1, 0.15) is 5.76 Å². The van der Waals surface area contributed by atoms with Gasteiger partial charge in [-0.2, -0.15) is 0 Å². The molecule has 0 aliphatic carbocycles. The monoisotopic (exact) mass is 337 g/mol.